The molecule has 0 saturated carbocycles. The second-order valence-electron chi connectivity index (χ2n) is 7.03. The summed E-state index contributed by atoms with van der Waals surface area (Å²) in [4.78, 5) is 22.3. The Hall–Kier alpha value is -2.40. The molecule has 2 saturated heterocycles. The number of carbonyl (C=O) groups excluding carboxylic acids is 1. The number of nitrogens with one attached hydrogen (secondary N) is 1. The Labute approximate surface area is 155 Å². The summed E-state index contributed by atoms with van der Waals surface area (Å²) in [5.41, 5.74) is 1.96. The van der Waals surface area contributed by atoms with E-state index >= 15 is 0 Å². The Morgan fingerprint density at radius 1 is 1.00 bits per heavy atom. The number of rotatable bonds is 3. The van der Waals surface area contributed by atoms with E-state index in [9.17, 15) is 4.79 Å². The molecule has 2 aliphatic heterocycles. The molecule has 5 nitrogen and oxygen atoms in total. The van der Waals surface area contributed by atoms with Gasteiger partial charge in [0.15, 0.2) is 0 Å². The van der Waals surface area contributed by atoms with Crippen LogP contribution in [0.2, 0.25) is 0 Å². The van der Waals surface area contributed by atoms with Gasteiger partial charge in [0.25, 0.3) is 5.91 Å². The number of pyridine rings is 1. The first kappa shape index (κ1) is 17.0. The number of aromatic nitrogens is 1. The van der Waals surface area contributed by atoms with Gasteiger partial charge in [-0.05, 0) is 37.5 Å². The molecule has 1 aromatic carbocycles. The Balaban J connectivity index is 1.65. The van der Waals surface area contributed by atoms with Gasteiger partial charge in [-0.2, -0.15) is 0 Å². The Morgan fingerprint density at radius 3 is 2.62 bits per heavy atom. The monoisotopic (exact) mass is 350 g/mol. The second kappa shape index (κ2) is 7.87. The maximum Gasteiger partial charge on any atom is 0.254 e. The van der Waals surface area contributed by atoms with Crippen molar-refractivity contribution >= 4 is 11.7 Å². The van der Waals surface area contributed by atoms with Crippen LogP contribution in [-0.4, -0.2) is 48.5 Å². The van der Waals surface area contributed by atoms with Crippen LogP contribution in [0.1, 0.15) is 41.2 Å². The largest absolute Gasteiger partial charge is 0.354 e. The summed E-state index contributed by atoms with van der Waals surface area (Å²) in [6.45, 7) is 4.70. The zero-order chi connectivity index (χ0) is 17.8. The predicted molar refractivity (Wildman–Crippen MR) is 103 cm³/mol. The van der Waals surface area contributed by atoms with Crippen LogP contribution < -0.4 is 10.2 Å². The fraction of sp³-hybridized carbons (Fsp3) is 0.429. The van der Waals surface area contributed by atoms with E-state index in [0.717, 1.165) is 63.4 Å². The highest BCUT2D eigenvalue weighted by Crippen LogP contribution is 2.36. The molecule has 136 valence electrons. The fourth-order valence-corrected chi connectivity index (χ4v) is 4.05. The van der Waals surface area contributed by atoms with E-state index in [1.807, 2.05) is 42.6 Å². The summed E-state index contributed by atoms with van der Waals surface area (Å²) < 4.78 is 0. The van der Waals surface area contributed by atoms with Crippen LogP contribution in [0.25, 0.3) is 0 Å². The van der Waals surface area contributed by atoms with Crippen molar-refractivity contribution in [3.8, 4) is 0 Å². The van der Waals surface area contributed by atoms with Gasteiger partial charge < -0.3 is 15.1 Å². The van der Waals surface area contributed by atoms with E-state index in [4.69, 9.17) is 4.98 Å². The van der Waals surface area contributed by atoms with Crippen molar-refractivity contribution in [2.45, 2.75) is 25.3 Å². The third kappa shape index (κ3) is 3.44. The number of anilines is 1. The highest BCUT2D eigenvalue weighted by atomic mass is 16.2. The van der Waals surface area contributed by atoms with Crippen molar-refractivity contribution in [1.29, 1.82) is 0 Å². The molecule has 5 heteroatoms. The number of hydrogen-bond donors (Lipinski definition) is 1. The van der Waals surface area contributed by atoms with Crippen molar-refractivity contribution < 1.29 is 4.79 Å². The lowest BCUT2D eigenvalue weighted by molar-refractivity contribution is 0.0611. The molecule has 2 aromatic rings. The highest BCUT2D eigenvalue weighted by molar-refractivity contribution is 5.94. The van der Waals surface area contributed by atoms with Crippen molar-refractivity contribution in [1.82, 2.24) is 15.2 Å². The van der Waals surface area contributed by atoms with Gasteiger partial charge in [-0.1, -0.05) is 24.3 Å². The molecule has 4 rings (SSSR count). The molecule has 3 heterocycles. The number of piperidine rings is 1. The molecule has 1 atom stereocenters. The van der Waals surface area contributed by atoms with Crippen LogP contribution >= 0.6 is 0 Å². The zero-order valence-electron chi connectivity index (χ0n) is 15.1. The normalized spacial score (nSPS) is 20.8. The lowest BCUT2D eigenvalue weighted by atomic mass is 9.94. The standard InChI is InChI=1S/C21H26N4O/c26-21(17-7-2-1-3-8-17)25-14-5-4-10-19(25)18-9-6-11-23-20(18)24-15-12-22-13-16-24/h1-3,6-9,11,19,22H,4-5,10,12-16H2/t19-/m1/s1. The maximum absolute atomic E-state index is 13.2. The van der Waals surface area contributed by atoms with Crippen LogP contribution in [0.3, 0.4) is 0 Å². The van der Waals surface area contributed by atoms with Crippen LogP contribution in [0, 0.1) is 0 Å². The molecular formula is C21H26N4O. The quantitative estimate of drug-likeness (QED) is 0.925. The van der Waals surface area contributed by atoms with Crippen LogP contribution in [0.5, 0.6) is 0 Å². The number of carbonyl (C=O) groups is 1. The smallest absolute Gasteiger partial charge is 0.254 e. The third-order valence-electron chi connectivity index (χ3n) is 5.38. The molecule has 0 radical (unpaired) electrons. The summed E-state index contributed by atoms with van der Waals surface area (Å²) in [6, 6.07) is 13.9. The van der Waals surface area contributed by atoms with Gasteiger partial charge in [-0.15, -0.1) is 0 Å². The van der Waals surface area contributed by atoms with Gasteiger partial charge >= 0.3 is 0 Å². The first-order chi connectivity index (χ1) is 12.8. The topological polar surface area (TPSA) is 48.5 Å². The van der Waals surface area contributed by atoms with Crippen LogP contribution in [0.4, 0.5) is 5.82 Å². The summed E-state index contributed by atoms with van der Waals surface area (Å²) in [5.74, 6) is 1.18. The van der Waals surface area contributed by atoms with Gasteiger partial charge in [-0.25, -0.2) is 4.98 Å². The number of nitrogens with zero attached hydrogens (tertiary/aromatic N) is 3. The zero-order valence-corrected chi connectivity index (χ0v) is 15.1. The van der Waals surface area contributed by atoms with E-state index in [2.05, 4.69) is 21.2 Å². The number of piperazine rings is 1. The Morgan fingerprint density at radius 2 is 1.81 bits per heavy atom. The van der Waals surface area contributed by atoms with E-state index in [-0.39, 0.29) is 11.9 Å². The molecular weight excluding hydrogens is 324 g/mol. The summed E-state index contributed by atoms with van der Waals surface area (Å²) >= 11 is 0. The highest BCUT2D eigenvalue weighted by Gasteiger charge is 2.31. The van der Waals surface area contributed by atoms with Gasteiger partial charge in [0.2, 0.25) is 0 Å². The van der Waals surface area contributed by atoms with E-state index in [0.29, 0.717) is 0 Å². The fourth-order valence-electron chi connectivity index (χ4n) is 4.05. The average Bonchev–Trinajstić information content (AvgIpc) is 2.74. The van der Waals surface area contributed by atoms with Crippen molar-refractivity contribution in [2.75, 3.05) is 37.6 Å². The molecule has 0 bridgehead atoms. The first-order valence-electron chi connectivity index (χ1n) is 9.61. The molecule has 1 N–H and O–H groups in total. The van der Waals surface area contributed by atoms with Crippen molar-refractivity contribution in [2.24, 2.45) is 0 Å². The molecule has 1 amide bonds. The summed E-state index contributed by atoms with van der Waals surface area (Å²) in [7, 11) is 0. The number of amides is 1. The molecule has 0 unspecified atom stereocenters. The van der Waals surface area contributed by atoms with E-state index in [1.165, 1.54) is 5.56 Å². The maximum atomic E-state index is 13.2. The lowest BCUT2D eigenvalue weighted by Gasteiger charge is -2.39. The minimum Gasteiger partial charge on any atom is -0.354 e. The lowest BCUT2D eigenvalue weighted by Crippen LogP contribution is -2.45. The van der Waals surface area contributed by atoms with Crippen LogP contribution in [0.15, 0.2) is 48.7 Å². The first-order valence-corrected chi connectivity index (χ1v) is 9.61. The van der Waals surface area contributed by atoms with E-state index < -0.39 is 0 Å². The van der Waals surface area contributed by atoms with E-state index in [1.54, 1.807) is 0 Å². The second-order valence-corrected chi connectivity index (χ2v) is 7.03. The minimum atomic E-state index is 0.107. The molecule has 0 aliphatic carbocycles. The van der Waals surface area contributed by atoms with Crippen LogP contribution in [-0.2, 0) is 0 Å². The minimum absolute atomic E-state index is 0.107. The molecule has 1 aromatic heterocycles. The van der Waals surface area contributed by atoms with Gasteiger partial charge in [0.1, 0.15) is 5.82 Å². The van der Waals surface area contributed by atoms with Crippen molar-refractivity contribution in [3.63, 3.8) is 0 Å². The number of hydrogen-bond acceptors (Lipinski definition) is 4. The molecule has 2 aliphatic rings. The number of likely N-dealkylation sites (tertiary alicyclic amines) is 1. The molecule has 2 fully saturated rings. The van der Waals surface area contributed by atoms with Gasteiger partial charge in [0, 0.05) is 50.0 Å². The molecule has 26 heavy (non-hydrogen) atoms. The Kier molecular flexibility index (Phi) is 5.16. The SMILES string of the molecule is O=C(c1ccccc1)N1CCCC[C@@H]1c1cccnc1N1CCNCC1. The Bertz CT molecular complexity index is 743. The van der Waals surface area contributed by atoms with Gasteiger partial charge in [0.05, 0.1) is 6.04 Å². The molecule has 0 spiro atoms. The van der Waals surface area contributed by atoms with Crippen molar-refractivity contribution in [3.05, 3.63) is 59.8 Å². The van der Waals surface area contributed by atoms with Gasteiger partial charge in [-0.3, -0.25) is 4.79 Å². The summed E-state index contributed by atoms with van der Waals surface area (Å²) in [5, 5.41) is 3.40. The summed E-state index contributed by atoms with van der Waals surface area (Å²) in [6.07, 6.45) is 5.09. The third-order valence-corrected chi connectivity index (χ3v) is 5.38. The average molecular weight is 350 g/mol. The predicted octanol–water partition coefficient (Wildman–Crippen LogP) is 2.86. The number of benzene rings is 1.